The normalized spacial score (nSPS) is 17.3. The third-order valence-electron chi connectivity index (χ3n) is 3.76. The van der Waals surface area contributed by atoms with Gasteiger partial charge in [0.2, 0.25) is 0 Å². The maximum Gasteiger partial charge on any atom is -0.147 e. The topological polar surface area (TPSA) is 0 Å². The van der Waals surface area contributed by atoms with Gasteiger partial charge in [0, 0.05) is 0 Å². The minimum absolute atomic E-state index is 0. The Bertz CT molecular complexity index is 428. The van der Waals surface area contributed by atoms with Gasteiger partial charge < -0.3 is 0 Å². The van der Waals surface area contributed by atoms with Crippen LogP contribution in [-0.4, -0.2) is 0 Å². The summed E-state index contributed by atoms with van der Waals surface area (Å²) < 4.78 is 3.64. The van der Waals surface area contributed by atoms with E-state index in [0.717, 1.165) is 0 Å². The molecule has 3 heteroatoms. The van der Waals surface area contributed by atoms with Crippen LogP contribution in [0.5, 0.6) is 0 Å². The van der Waals surface area contributed by atoms with E-state index >= 15 is 0 Å². The van der Waals surface area contributed by atoms with Gasteiger partial charge in [0.25, 0.3) is 0 Å². The van der Waals surface area contributed by atoms with E-state index in [2.05, 4.69) is 39.0 Å². The van der Waals surface area contributed by atoms with Gasteiger partial charge in [-0.2, -0.15) is 0 Å². The van der Waals surface area contributed by atoms with Gasteiger partial charge in [0.1, 0.15) is 0 Å². The van der Waals surface area contributed by atoms with Crippen molar-refractivity contribution < 1.29 is 23.2 Å². The van der Waals surface area contributed by atoms with E-state index in [1.807, 2.05) is 3.28 Å². The third-order valence-corrected chi connectivity index (χ3v) is 7.38. The van der Waals surface area contributed by atoms with E-state index in [4.69, 9.17) is 0 Å². The summed E-state index contributed by atoms with van der Waals surface area (Å²) in [6.07, 6.45) is 13.3. The van der Waals surface area contributed by atoms with E-state index in [-0.39, 0.29) is 24.8 Å². The summed E-state index contributed by atoms with van der Waals surface area (Å²) in [5.74, 6) is 0. The predicted octanol–water partition coefficient (Wildman–Crippen LogP) is 5.94. The summed E-state index contributed by atoms with van der Waals surface area (Å²) in [6, 6.07) is 0. The average Bonchev–Trinajstić information content (AvgIpc) is 2.96. The van der Waals surface area contributed by atoms with Crippen molar-refractivity contribution in [3.05, 3.63) is 41.5 Å². The molecule has 19 heavy (non-hydrogen) atoms. The van der Waals surface area contributed by atoms with Crippen LogP contribution < -0.4 is 0 Å². The Morgan fingerprint density at radius 3 is 2.16 bits per heavy atom. The van der Waals surface area contributed by atoms with Crippen LogP contribution in [0.4, 0.5) is 0 Å². The van der Waals surface area contributed by atoms with Crippen LogP contribution in [0.25, 0.3) is 0 Å². The maximum absolute atomic E-state index is 2.38. The molecule has 0 nitrogen and oxygen atoms in total. The molecule has 0 aliphatic heterocycles. The first-order chi connectivity index (χ1) is 8.30. The summed E-state index contributed by atoms with van der Waals surface area (Å²) in [6.45, 7) is 6.98. The van der Waals surface area contributed by atoms with E-state index in [1.54, 1.807) is 20.0 Å². The minimum atomic E-state index is -0.443. The van der Waals surface area contributed by atoms with E-state index < -0.39 is 23.2 Å². The molecule has 0 bridgehead atoms. The first-order valence-corrected chi connectivity index (χ1v) is 9.31. The fourth-order valence-corrected chi connectivity index (χ4v) is 6.76. The number of hydrogen-bond acceptors (Lipinski definition) is 0. The zero-order chi connectivity index (χ0) is 12.3. The van der Waals surface area contributed by atoms with Crippen LogP contribution in [-0.2, 0) is 23.2 Å². The van der Waals surface area contributed by atoms with Crippen molar-refractivity contribution in [2.24, 2.45) is 0 Å². The van der Waals surface area contributed by atoms with Crippen molar-refractivity contribution in [1.29, 1.82) is 0 Å². The van der Waals surface area contributed by atoms with Crippen LogP contribution in [0.1, 0.15) is 52.9 Å². The first-order valence-electron chi connectivity index (χ1n) is 6.86. The standard InChI is InChI=1S/C11H17.C5H5.2ClH.Zr/c1-4-9-7-8-10(5-2)11(9)6-3;1-2-4-5-3-1;;;/h4-7H2,1-3H3;1-3H,4H2;2*1H;. The third kappa shape index (κ3) is 4.45. The fraction of sp³-hybridized carbons (Fsp3) is 0.500. The molecule has 0 fully saturated rings. The molecular formula is C16H24Cl2Zr. The summed E-state index contributed by atoms with van der Waals surface area (Å²) >= 11 is -0.443. The average molecular weight is 378 g/mol. The van der Waals surface area contributed by atoms with Gasteiger partial charge in [-0.1, -0.05) is 0 Å². The van der Waals surface area contributed by atoms with Crippen molar-refractivity contribution in [2.45, 2.75) is 52.9 Å². The number of rotatable bonds is 5. The molecule has 0 spiro atoms. The van der Waals surface area contributed by atoms with Gasteiger partial charge in [0.05, 0.1) is 0 Å². The molecule has 2 aliphatic rings. The van der Waals surface area contributed by atoms with Crippen molar-refractivity contribution in [3.63, 3.8) is 0 Å². The zero-order valence-corrected chi connectivity index (χ0v) is 16.2. The Morgan fingerprint density at radius 2 is 1.68 bits per heavy atom. The Balaban J connectivity index is 0.00000162. The second-order valence-corrected chi connectivity index (χ2v) is 8.40. The molecule has 0 saturated heterocycles. The predicted molar refractivity (Wildman–Crippen MR) is 85.9 cm³/mol. The van der Waals surface area contributed by atoms with Crippen molar-refractivity contribution in [2.75, 3.05) is 0 Å². The molecule has 0 saturated carbocycles. The van der Waals surface area contributed by atoms with Gasteiger partial charge in [-0.25, -0.2) is 0 Å². The minimum Gasteiger partial charge on any atom is -0.147 e. The van der Waals surface area contributed by atoms with Crippen LogP contribution in [0, 0.1) is 0 Å². The summed E-state index contributed by atoms with van der Waals surface area (Å²) in [7, 11) is 0. The number of halogens is 2. The van der Waals surface area contributed by atoms with Gasteiger partial charge in [-0.3, -0.25) is 0 Å². The summed E-state index contributed by atoms with van der Waals surface area (Å²) in [5.41, 5.74) is 5.22. The molecule has 0 heterocycles. The second kappa shape index (κ2) is 9.38. The van der Waals surface area contributed by atoms with E-state index in [1.165, 1.54) is 32.1 Å². The first kappa shape index (κ1) is 19.4. The molecule has 0 radical (unpaired) electrons. The van der Waals surface area contributed by atoms with E-state index in [9.17, 15) is 0 Å². The van der Waals surface area contributed by atoms with Gasteiger partial charge in [-0.05, 0) is 0 Å². The maximum atomic E-state index is 2.38. The van der Waals surface area contributed by atoms with Crippen LogP contribution in [0.2, 0.25) is 0 Å². The number of hydrogen-bond donors (Lipinski definition) is 0. The quantitative estimate of drug-likeness (QED) is 0.555. The molecule has 0 N–H and O–H groups in total. The molecular weight excluding hydrogens is 354 g/mol. The molecule has 0 unspecified atom stereocenters. The fourth-order valence-electron chi connectivity index (χ4n) is 2.90. The van der Waals surface area contributed by atoms with Gasteiger partial charge >= 0.3 is 118 Å². The van der Waals surface area contributed by atoms with Gasteiger partial charge in [-0.15, -0.1) is 24.8 Å². The summed E-state index contributed by atoms with van der Waals surface area (Å²) in [5, 5.41) is 0. The van der Waals surface area contributed by atoms with Crippen LogP contribution in [0.15, 0.2) is 41.5 Å². The Kier molecular flexibility index (Phi) is 9.58. The number of allylic oxidation sites excluding steroid dienone is 8. The molecule has 106 valence electrons. The smallest absolute Gasteiger partial charge is 0.147 e. The SMILES string of the molecule is CCC1=C(CC)C(CC)=[C]([Zr][C]2=CC=CC2)C1.Cl.Cl. The molecule has 2 rings (SSSR count). The van der Waals surface area contributed by atoms with Crippen molar-refractivity contribution >= 4 is 24.8 Å². The molecule has 2 aliphatic carbocycles. The summed E-state index contributed by atoms with van der Waals surface area (Å²) in [4.78, 5) is 0. The van der Waals surface area contributed by atoms with Crippen molar-refractivity contribution in [3.8, 4) is 0 Å². The molecule has 0 aromatic rings. The Labute approximate surface area is 141 Å². The molecule has 0 atom stereocenters. The van der Waals surface area contributed by atoms with Crippen LogP contribution >= 0.6 is 24.8 Å². The van der Waals surface area contributed by atoms with E-state index in [0.29, 0.717) is 0 Å². The monoisotopic (exact) mass is 376 g/mol. The second-order valence-electron chi connectivity index (χ2n) is 4.73. The molecule has 0 aromatic heterocycles. The van der Waals surface area contributed by atoms with Crippen LogP contribution in [0.3, 0.4) is 0 Å². The van der Waals surface area contributed by atoms with Gasteiger partial charge in [0.15, 0.2) is 0 Å². The Hall–Kier alpha value is 0.423. The van der Waals surface area contributed by atoms with Crippen molar-refractivity contribution in [1.82, 2.24) is 0 Å². The molecule has 0 aromatic carbocycles. The zero-order valence-electron chi connectivity index (χ0n) is 12.1. The molecule has 0 amide bonds. The largest absolute Gasteiger partial charge is 0.147 e. The Morgan fingerprint density at radius 1 is 1.00 bits per heavy atom.